The van der Waals surface area contributed by atoms with E-state index in [0.717, 1.165) is 18.8 Å². The number of nitrogens with one attached hydrogen (secondary N) is 1. The highest BCUT2D eigenvalue weighted by Crippen LogP contribution is 2.16. The number of urea groups is 1. The molecule has 6 nitrogen and oxygen atoms in total. The molecule has 0 aliphatic carbocycles. The molecule has 7 heteroatoms. The van der Waals surface area contributed by atoms with Gasteiger partial charge in [-0.05, 0) is 12.1 Å². The number of pyridine rings is 1. The molecule has 0 saturated carbocycles. The number of carbonyl (C=O) groups is 1. The number of hydrogen-bond acceptors (Lipinski definition) is 5. The van der Waals surface area contributed by atoms with Crippen LogP contribution in [0.2, 0.25) is 0 Å². The number of anilines is 2. The zero-order chi connectivity index (χ0) is 13.8. The van der Waals surface area contributed by atoms with Crippen molar-refractivity contribution in [2.24, 2.45) is 0 Å². The van der Waals surface area contributed by atoms with Gasteiger partial charge in [-0.25, -0.2) is 9.78 Å². The van der Waals surface area contributed by atoms with Gasteiger partial charge in [0.05, 0.1) is 0 Å². The molecule has 0 atom stereocenters. The molecule has 1 fully saturated rings. The van der Waals surface area contributed by atoms with Gasteiger partial charge in [0.2, 0.25) is 0 Å². The number of amides is 2. The van der Waals surface area contributed by atoms with Crippen LogP contribution in [0.4, 0.5) is 15.6 Å². The normalized spacial score (nSPS) is 15.2. The Morgan fingerprint density at radius 1 is 1.15 bits per heavy atom. The molecule has 0 aromatic carbocycles. The Morgan fingerprint density at radius 3 is 2.55 bits per heavy atom. The monoisotopic (exact) mass is 289 g/mol. The molecular formula is C13H15N5OS. The second-order valence-electron chi connectivity index (χ2n) is 4.45. The van der Waals surface area contributed by atoms with Crippen molar-refractivity contribution in [3.8, 4) is 0 Å². The van der Waals surface area contributed by atoms with E-state index in [1.54, 1.807) is 18.6 Å². The number of hydrogen-bond donors (Lipinski definition) is 1. The van der Waals surface area contributed by atoms with Crippen molar-refractivity contribution in [1.82, 2.24) is 14.9 Å². The average molecular weight is 289 g/mol. The predicted molar refractivity (Wildman–Crippen MR) is 79.2 cm³/mol. The largest absolute Gasteiger partial charge is 0.368 e. The molecule has 2 amide bonds. The van der Waals surface area contributed by atoms with Crippen LogP contribution in [-0.4, -0.2) is 47.1 Å². The first-order valence-corrected chi connectivity index (χ1v) is 7.31. The van der Waals surface area contributed by atoms with E-state index in [1.165, 1.54) is 11.3 Å². The quantitative estimate of drug-likeness (QED) is 0.917. The second kappa shape index (κ2) is 5.87. The molecule has 3 heterocycles. The van der Waals surface area contributed by atoms with E-state index in [0.29, 0.717) is 18.2 Å². The molecule has 2 aromatic rings. The first-order valence-electron chi connectivity index (χ1n) is 6.43. The van der Waals surface area contributed by atoms with Gasteiger partial charge < -0.3 is 9.80 Å². The third-order valence-corrected chi connectivity index (χ3v) is 3.93. The first kappa shape index (κ1) is 12.9. The van der Waals surface area contributed by atoms with Crippen LogP contribution in [0, 0.1) is 0 Å². The lowest BCUT2D eigenvalue weighted by molar-refractivity contribution is 0.208. The number of rotatable bonds is 2. The van der Waals surface area contributed by atoms with Crippen LogP contribution in [0.15, 0.2) is 36.1 Å². The fourth-order valence-corrected chi connectivity index (χ4v) is 2.70. The maximum absolute atomic E-state index is 12.1. The van der Waals surface area contributed by atoms with Crippen LogP contribution in [-0.2, 0) is 0 Å². The van der Waals surface area contributed by atoms with Gasteiger partial charge in [-0.15, -0.1) is 11.3 Å². The third-order valence-electron chi connectivity index (χ3n) is 3.24. The molecule has 2 aromatic heterocycles. The molecule has 20 heavy (non-hydrogen) atoms. The molecule has 0 unspecified atom stereocenters. The predicted octanol–water partition coefficient (Wildman–Crippen LogP) is 1.89. The van der Waals surface area contributed by atoms with Crippen molar-refractivity contribution < 1.29 is 4.79 Å². The lowest BCUT2D eigenvalue weighted by atomic mass is 10.3. The molecule has 1 N–H and O–H groups in total. The topological polar surface area (TPSA) is 61.4 Å². The van der Waals surface area contributed by atoms with Crippen LogP contribution in [0.1, 0.15) is 0 Å². The molecule has 3 rings (SSSR count). The number of piperazine rings is 1. The van der Waals surface area contributed by atoms with Gasteiger partial charge in [-0.3, -0.25) is 10.3 Å². The Morgan fingerprint density at radius 2 is 1.90 bits per heavy atom. The fraction of sp³-hybridized carbons (Fsp3) is 0.308. The summed E-state index contributed by atoms with van der Waals surface area (Å²) >= 11 is 1.43. The number of thiazole rings is 1. The molecule has 0 spiro atoms. The summed E-state index contributed by atoms with van der Waals surface area (Å²) in [6.07, 6.45) is 5.26. The zero-order valence-electron chi connectivity index (χ0n) is 10.9. The van der Waals surface area contributed by atoms with E-state index in [1.807, 2.05) is 22.4 Å². The van der Waals surface area contributed by atoms with Crippen molar-refractivity contribution in [1.29, 1.82) is 0 Å². The van der Waals surface area contributed by atoms with Crippen LogP contribution >= 0.6 is 11.3 Å². The average Bonchev–Trinajstić information content (AvgIpc) is 3.01. The number of carbonyl (C=O) groups excluding carboxylic acids is 1. The Labute approximate surface area is 121 Å². The summed E-state index contributed by atoms with van der Waals surface area (Å²) < 4.78 is 0. The third kappa shape index (κ3) is 2.88. The summed E-state index contributed by atoms with van der Waals surface area (Å²) in [7, 11) is 0. The SMILES string of the molecule is O=C(Nc1nccs1)N1CCN(c2ccncc2)CC1. The van der Waals surface area contributed by atoms with E-state index in [4.69, 9.17) is 0 Å². The summed E-state index contributed by atoms with van der Waals surface area (Å²) in [5.41, 5.74) is 1.15. The highest BCUT2D eigenvalue weighted by atomic mass is 32.1. The van der Waals surface area contributed by atoms with Gasteiger partial charge in [-0.2, -0.15) is 0 Å². The van der Waals surface area contributed by atoms with E-state index in [-0.39, 0.29) is 6.03 Å². The molecule has 1 aliphatic heterocycles. The number of nitrogens with zero attached hydrogens (tertiary/aromatic N) is 4. The minimum atomic E-state index is -0.0747. The fourth-order valence-electron chi connectivity index (χ4n) is 2.18. The van der Waals surface area contributed by atoms with E-state index in [9.17, 15) is 4.79 Å². The Kier molecular flexibility index (Phi) is 3.78. The standard InChI is InChI=1S/C13H15N5OS/c19-13(16-12-15-5-10-20-12)18-8-6-17(7-9-18)11-1-3-14-4-2-11/h1-5,10H,6-9H2,(H,15,16,19). The Hall–Kier alpha value is -2.15. The van der Waals surface area contributed by atoms with Gasteiger partial charge >= 0.3 is 6.03 Å². The van der Waals surface area contributed by atoms with E-state index < -0.39 is 0 Å². The second-order valence-corrected chi connectivity index (χ2v) is 5.34. The van der Waals surface area contributed by atoms with Gasteiger partial charge in [0.15, 0.2) is 5.13 Å². The summed E-state index contributed by atoms with van der Waals surface area (Å²) in [5.74, 6) is 0. The van der Waals surface area contributed by atoms with Crippen LogP contribution in [0.5, 0.6) is 0 Å². The van der Waals surface area contributed by atoms with Crippen molar-refractivity contribution in [3.63, 3.8) is 0 Å². The van der Waals surface area contributed by atoms with Crippen molar-refractivity contribution >= 4 is 28.2 Å². The smallest absolute Gasteiger partial charge is 0.323 e. The van der Waals surface area contributed by atoms with E-state index >= 15 is 0 Å². The van der Waals surface area contributed by atoms with Crippen molar-refractivity contribution in [3.05, 3.63) is 36.1 Å². The maximum Gasteiger partial charge on any atom is 0.323 e. The zero-order valence-corrected chi connectivity index (χ0v) is 11.7. The highest BCUT2D eigenvalue weighted by Gasteiger charge is 2.21. The van der Waals surface area contributed by atoms with Crippen LogP contribution in [0.3, 0.4) is 0 Å². The van der Waals surface area contributed by atoms with Crippen molar-refractivity contribution in [2.45, 2.75) is 0 Å². The molecule has 1 aliphatic rings. The molecule has 0 bridgehead atoms. The molecule has 104 valence electrons. The first-order chi connectivity index (χ1) is 9.83. The van der Waals surface area contributed by atoms with Crippen LogP contribution < -0.4 is 10.2 Å². The van der Waals surface area contributed by atoms with Gasteiger partial charge in [0.1, 0.15) is 0 Å². The molecule has 1 saturated heterocycles. The Bertz CT molecular complexity index is 551. The minimum Gasteiger partial charge on any atom is -0.368 e. The highest BCUT2D eigenvalue weighted by molar-refractivity contribution is 7.13. The summed E-state index contributed by atoms with van der Waals surface area (Å²) in [5, 5.41) is 5.30. The summed E-state index contributed by atoms with van der Waals surface area (Å²) in [6.45, 7) is 3.07. The van der Waals surface area contributed by atoms with Crippen molar-refractivity contribution in [2.75, 3.05) is 36.4 Å². The number of aromatic nitrogens is 2. The minimum absolute atomic E-state index is 0.0747. The lowest BCUT2D eigenvalue weighted by Crippen LogP contribution is -2.50. The van der Waals surface area contributed by atoms with E-state index in [2.05, 4.69) is 20.2 Å². The summed E-state index contributed by atoms with van der Waals surface area (Å²) in [6, 6.07) is 3.91. The van der Waals surface area contributed by atoms with Gasteiger partial charge in [-0.1, -0.05) is 0 Å². The summed E-state index contributed by atoms with van der Waals surface area (Å²) in [4.78, 5) is 24.2. The molecule has 0 radical (unpaired) electrons. The lowest BCUT2D eigenvalue weighted by Gasteiger charge is -2.35. The molecular weight excluding hydrogens is 274 g/mol. The van der Waals surface area contributed by atoms with Gasteiger partial charge in [0.25, 0.3) is 0 Å². The maximum atomic E-state index is 12.1. The Balaban J connectivity index is 1.54. The van der Waals surface area contributed by atoms with Gasteiger partial charge in [0, 0.05) is 55.8 Å². The van der Waals surface area contributed by atoms with Crippen LogP contribution in [0.25, 0.3) is 0 Å².